The Bertz CT molecular complexity index is 530. The number of carbonyl (C=O) groups excluding carboxylic acids is 2. The van der Waals surface area contributed by atoms with Crippen molar-refractivity contribution >= 4 is 22.0 Å². The molecule has 3 N–H and O–H groups in total. The number of nitrogens with two attached hydrogens (primary N) is 1. The number of hydrogen-bond donors (Lipinski definition) is 2. The predicted molar refractivity (Wildman–Crippen MR) is 82.9 cm³/mol. The molecule has 0 aliphatic carbocycles. The first-order valence-corrected chi connectivity index (χ1v) is 8.53. The first kappa shape index (κ1) is 21.8. The molecule has 23 heavy (non-hydrogen) atoms. The van der Waals surface area contributed by atoms with Crippen LogP contribution in [0.3, 0.4) is 0 Å². The van der Waals surface area contributed by atoms with Crippen molar-refractivity contribution in [1.82, 2.24) is 4.90 Å². The molecule has 1 amide bonds. The summed E-state index contributed by atoms with van der Waals surface area (Å²) >= 11 is 0. The second-order valence-corrected chi connectivity index (χ2v) is 7.71. The van der Waals surface area contributed by atoms with E-state index in [9.17, 15) is 23.1 Å². The molecule has 0 spiro atoms. The lowest BCUT2D eigenvalue weighted by atomic mass is 9.74. The zero-order valence-electron chi connectivity index (χ0n) is 14.2. The van der Waals surface area contributed by atoms with Crippen LogP contribution >= 0.6 is 0 Å². The van der Waals surface area contributed by atoms with E-state index in [1.807, 2.05) is 0 Å². The number of nitrogens with zero attached hydrogens (tertiary/aromatic N) is 1. The topological polar surface area (TPSA) is 136 Å². The van der Waals surface area contributed by atoms with Gasteiger partial charge in [0.1, 0.15) is 0 Å². The van der Waals surface area contributed by atoms with Crippen LogP contribution in [0.1, 0.15) is 20.3 Å². The van der Waals surface area contributed by atoms with Crippen molar-refractivity contribution in [2.24, 2.45) is 11.1 Å². The molecule has 0 fully saturated rings. The van der Waals surface area contributed by atoms with Crippen molar-refractivity contribution in [3.05, 3.63) is 0 Å². The van der Waals surface area contributed by atoms with E-state index in [0.717, 1.165) is 12.0 Å². The molecule has 0 aromatic carbocycles. The number of aliphatic hydroxyl groups is 1. The average Bonchev–Trinajstić information content (AvgIpc) is 2.48. The predicted octanol–water partition coefficient (Wildman–Crippen LogP) is -1.30. The number of esters is 1. The van der Waals surface area contributed by atoms with Crippen LogP contribution in [0.2, 0.25) is 0 Å². The van der Waals surface area contributed by atoms with Crippen LogP contribution in [0.25, 0.3) is 0 Å². The van der Waals surface area contributed by atoms with Crippen LogP contribution in [-0.2, 0) is 28.6 Å². The van der Waals surface area contributed by atoms with Gasteiger partial charge in [-0.3, -0.25) is 8.98 Å². The van der Waals surface area contributed by atoms with E-state index in [4.69, 9.17) is 9.92 Å². The summed E-state index contributed by atoms with van der Waals surface area (Å²) in [7, 11) is -0.160. The van der Waals surface area contributed by atoms with E-state index >= 15 is 0 Å². The zero-order valence-corrected chi connectivity index (χ0v) is 15.0. The number of carbonyl (C=O) groups is 2. The van der Waals surface area contributed by atoms with E-state index in [2.05, 4.69) is 4.74 Å². The molecular weight excluding hydrogens is 328 g/mol. The van der Waals surface area contributed by atoms with Crippen molar-refractivity contribution in [3.63, 3.8) is 0 Å². The van der Waals surface area contributed by atoms with Crippen molar-refractivity contribution < 1.29 is 32.0 Å². The van der Waals surface area contributed by atoms with Gasteiger partial charge >= 0.3 is 5.97 Å². The third-order valence-electron chi connectivity index (χ3n) is 3.37. The third-order valence-corrected chi connectivity index (χ3v) is 4.64. The Hall–Kier alpha value is -1.23. The van der Waals surface area contributed by atoms with Crippen molar-refractivity contribution in [3.8, 4) is 0 Å². The second kappa shape index (κ2) is 8.04. The highest BCUT2D eigenvalue weighted by molar-refractivity contribution is 7.86. The molecule has 0 heterocycles. The molecule has 0 aliphatic rings. The van der Waals surface area contributed by atoms with Gasteiger partial charge in [0.05, 0.1) is 19.5 Å². The van der Waals surface area contributed by atoms with Gasteiger partial charge in [0.15, 0.2) is 0 Å². The second-order valence-electron chi connectivity index (χ2n) is 5.95. The van der Waals surface area contributed by atoms with E-state index < -0.39 is 39.6 Å². The fourth-order valence-electron chi connectivity index (χ4n) is 1.78. The number of methoxy groups -OCH3 is 1. The Morgan fingerprint density at radius 3 is 2.17 bits per heavy atom. The summed E-state index contributed by atoms with van der Waals surface area (Å²) < 4.78 is 32.8. The van der Waals surface area contributed by atoms with Crippen LogP contribution < -0.4 is 5.73 Å². The molecule has 0 saturated carbocycles. The normalized spacial score (nSPS) is 14.9. The largest absolute Gasteiger partial charge is 0.466 e. The Morgan fingerprint density at radius 2 is 1.78 bits per heavy atom. The molecule has 0 aromatic rings. The number of amides is 1. The average molecular weight is 354 g/mol. The van der Waals surface area contributed by atoms with E-state index in [0.29, 0.717) is 0 Å². The SMILES string of the molecule is COC(=O)[C@@](O)(C(=O)N(C)C)C(C)(C)COS(=O)(=O)CCCN. The molecule has 0 saturated heterocycles. The van der Waals surface area contributed by atoms with Crippen LogP contribution in [0, 0.1) is 5.41 Å². The molecule has 0 bridgehead atoms. The molecule has 9 nitrogen and oxygen atoms in total. The van der Waals surface area contributed by atoms with E-state index in [1.54, 1.807) is 0 Å². The maximum absolute atomic E-state index is 12.3. The van der Waals surface area contributed by atoms with Crippen LogP contribution in [0.4, 0.5) is 0 Å². The molecule has 0 aromatic heterocycles. The fourth-order valence-corrected chi connectivity index (χ4v) is 2.90. The molecule has 10 heteroatoms. The summed E-state index contributed by atoms with van der Waals surface area (Å²) in [5.41, 5.74) is 1.10. The summed E-state index contributed by atoms with van der Waals surface area (Å²) in [5, 5.41) is 10.7. The molecule has 0 aliphatic heterocycles. The number of hydrogen-bond acceptors (Lipinski definition) is 8. The van der Waals surface area contributed by atoms with Crippen LogP contribution in [0.15, 0.2) is 0 Å². The minimum atomic E-state index is -3.88. The van der Waals surface area contributed by atoms with Gasteiger partial charge in [-0.2, -0.15) is 8.42 Å². The van der Waals surface area contributed by atoms with E-state index in [-0.39, 0.29) is 18.7 Å². The van der Waals surface area contributed by atoms with Gasteiger partial charge < -0.3 is 20.5 Å². The van der Waals surface area contributed by atoms with Gasteiger partial charge in [-0.25, -0.2) is 4.79 Å². The van der Waals surface area contributed by atoms with Crippen molar-refractivity contribution in [2.75, 3.05) is 40.1 Å². The molecule has 0 rings (SSSR count). The summed E-state index contributed by atoms with van der Waals surface area (Å²) in [6, 6.07) is 0. The van der Waals surface area contributed by atoms with Gasteiger partial charge in [0, 0.05) is 19.5 Å². The van der Waals surface area contributed by atoms with Crippen LogP contribution in [0.5, 0.6) is 0 Å². The Morgan fingerprint density at radius 1 is 1.26 bits per heavy atom. The van der Waals surface area contributed by atoms with Gasteiger partial charge in [0.2, 0.25) is 5.60 Å². The molecule has 136 valence electrons. The van der Waals surface area contributed by atoms with Gasteiger partial charge in [-0.15, -0.1) is 0 Å². The Balaban J connectivity index is 5.46. The maximum atomic E-state index is 12.3. The number of ether oxygens (including phenoxy) is 1. The highest BCUT2D eigenvalue weighted by Crippen LogP contribution is 2.34. The lowest BCUT2D eigenvalue weighted by Gasteiger charge is -2.39. The van der Waals surface area contributed by atoms with Crippen molar-refractivity contribution in [1.29, 1.82) is 0 Å². The highest BCUT2D eigenvalue weighted by atomic mass is 32.2. The van der Waals surface area contributed by atoms with Gasteiger partial charge in [-0.1, -0.05) is 13.8 Å². The summed E-state index contributed by atoms with van der Waals surface area (Å²) in [6.45, 7) is 2.27. The van der Waals surface area contributed by atoms with Gasteiger partial charge in [-0.05, 0) is 13.0 Å². The molecule has 0 radical (unpaired) electrons. The molecular formula is C13H26N2O7S. The first-order valence-electron chi connectivity index (χ1n) is 6.95. The lowest BCUT2D eigenvalue weighted by molar-refractivity contribution is -0.189. The quantitative estimate of drug-likeness (QED) is 0.296. The molecule has 1 atom stereocenters. The third kappa shape index (κ3) is 5.13. The minimum Gasteiger partial charge on any atom is -0.466 e. The lowest BCUT2D eigenvalue weighted by Crippen LogP contribution is -2.63. The first-order chi connectivity index (χ1) is 10.4. The Labute approximate surface area is 136 Å². The number of likely N-dealkylation sites (N-methyl/N-ethyl adjacent to an activating group) is 1. The monoisotopic (exact) mass is 354 g/mol. The molecule has 0 unspecified atom stereocenters. The van der Waals surface area contributed by atoms with Crippen molar-refractivity contribution in [2.45, 2.75) is 25.9 Å². The van der Waals surface area contributed by atoms with E-state index in [1.165, 1.54) is 27.9 Å². The number of rotatable bonds is 9. The minimum absolute atomic E-state index is 0.178. The van der Waals surface area contributed by atoms with Crippen LogP contribution in [-0.4, -0.2) is 76.0 Å². The maximum Gasteiger partial charge on any atom is 0.348 e. The Kier molecular flexibility index (Phi) is 7.61. The standard InChI is InChI=1S/C13H26N2O7S/c1-12(2,9-22-23(19,20)8-6-7-14)13(18,11(17)21-5)10(16)15(3)4/h18H,6-9,14H2,1-5H3/t13-/m0/s1. The highest BCUT2D eigenvalue weighted by Gasteiger charge is 2.58. The zero-order chi connectivity index (χ0) is 18.5. The summed E-state index contributed by atoms with van der Waals surface area (Å²) in [4.78, 5) is 25.3. The summed E-state index contributed by atoms with van der Waals surface area (Å²) in [5.74, 6) is -2.42. The summed E-state index contributed by atoms with van der Waals surface area (Å²) in [6.07, 6.45) is 0.209. The van der Waals surface area contributed by atoms with Gasteiger partial charge in [0.25, 0.3) is 16.0 Å². The fraction of sp³-hybridized carbons (Fsp3) is 0.846. The smallest absolute Gasteiger partial charge is 0.348 e.